The zero-order valence-corrected chi connectivity index (χ0v) is 14.7. The first-order valence-electron chi connectivity index (χ1n) is 6.83. The molecule has 1 N–H and O–H groups in total. The minimum absolute atomic E-state index is 0.608. The molecule has 5 heteroatoms. The van der Waals surface area contributed by atoms with Crippen LogP contribution in [0.15, 0.2) is 33.4 Å². The lowest BCUT2D eigenvalue weighted by molar-refractivity contribution is 0.199. The van der Waals surface area contributed by atoms with Gasteiger partial charge >= 0.3 is 0 Å². The van der Waals surface area contributed by atoms with Crippen LogP contribution in [0.5, 0.6) is 5.75 Å². The summed E-state index contributed by atoms with van der Waals surface area (Å²) in [4.78, 5) is 0. The van der Waals surface area contributed by atoms with E-state index in [0.29, 0.717) is 13.2 Å². The first-order valence-corrected chi connectivity index (χ1v) is 8.57. The number of benzene rings is 1. The van der Waals surface area contributed by atoms with E-state index in [1.165, 1.54) is 5.56 Å². The van der Waals surface area contributed by atoms with E-state index in [9.17, 15) is 0 Å². The highest BCUT2D eigenvalue weighted by molar-refractivity contribution is 9.10. The molecule has 0 amide bonds. The first kappa shape index (κ1) is 16.5. The summed E-state index contributed by atoms with van der Waals surface area (Å²) < 4.78 is 12.2. The molecule has 21 heavy (non-hydrogen) atoms. The van der Waals surface area contributed by atoms with Crippen molar-refractivity contribution >= 4 is 27.3 Å². The molecule has 114 valence electrons. The average Bonchev–Trinajstić information content (AvgIpc) is 2.95. The van der Waals surface area contributed by atoms with Crippen molar-refractivity contribution < 1.29 is 9.47 Å². The monoisotopic (exact) mass is 369 g/mol. The van der Waals surface area contributed by atoms with E-state index >= 15 is 0 Å². The molecule has 0 bridgehead atoms. The molecule has 3 nitrogen and oxygen atoms in total. The number of hydrogen-bond acceptors (Lipinski definition) is 4. The second-order valence-corrected chi connectivity index (χ2v) is 6.50. The number of hydrogen-bond donors (Lipinski definition) is 1. The molecule has 2 rings (SSSR count). The third kappa shape index (κ3) is 5.11. The van der Waals surface area contributed by atoms with Crippen LogP contribution in [-0.2, 0) is 17.9 Å². The van der Waals surface area contributed by atoms with Crippen LogP contribution < -0.4 is 10.1 Å². The molecule has 0 fully saturated rings. The van der Waals surface area contributed by atoms with Gasteiger partial charge in [-0.2, -0.15) is 11.3 Å². The van der Waals surface area contributed by atoms with Gasteiger partial charge in [0.05, 0.1) is 6.61 Å². The summed E-state index contributed by atoms with van der Waals surface area (Å²) in [6, 6.07) is 6.28. The Morgan fingerprint density at radius 3 is 2.90 bits per heavy atom. The van der Waals surface area contributed by atoms with Crippen LogP contribution in [0.25, 0.3) is 0 Å². The molecule has 0 aliphatic carbocycles. The van der Waals surface area contributed by atoms with Crippen LogP contribution in [0.4, 0.5) is 0 Å². The van der Waals surface area contributed by atoms with Crippen molar-refractivity contribution in [2.24, 2.45) is 0 Å². The Kier molecular flexibility index (Phi) is 6.70. The van der Waals surface area contributed by atoms with Gasteiger partial charge in [-0.25, -0.2) is 0 Å². The maximum absolute atomic E-state index is 6.04. The second kappa shape index (κ2) is 8.54. The van der Waals surface area contributed by atoms with Gasteiger partial charge in [-0.3, -0.25) is 0 Å². The predicted octanol–water partition coefficient (Wildman–Crippen LogP) is 4.13. The largest absolute Gasteiger partial charge is 0.488 e. The fourth-order valence-electron chi connectivity index (χ4n) is 2.06. The van der Waals surface area contributed by atoms with Gasteiger partial charge in [-0.05, 0) is 47.0 Å². The minimum Gasteiger partial charge on any atom is -0.488 e. The number of aryl methyl sites for hydroxylation is 1. The summed E-state index contributed by atoms with van der Waals surface area (Å²) in [5.41, 5.74) is 3.51. The predicted molar refractivity (Wildman–Crippen MR) is 91.1 cm³/mol. The quantitative estimate of drug-likeness (QED) is 0.709. The standard InChI is InChI=1S/C16H20BrNO2S/c1-12-7-15(17)8-14(9-18-4-5-19-2)16(12)20-10-13-3-6-21-11-13/h3,6-8,11,18H,4-5,9-10H2,1-2H3. The smallest absolute Gasteiger partial charge is 0.127 e. The molecular weight excluding hydrogens is 350 g/mol. The van der Waals surface area contributed by atoms with Crippen LogP contribution in [0.3, 0.4) is 0 Å². The maximum Gasteiger partial charge on any atom is 0.127 e. The van der Waals surface area contributed by atoms with Gasteiger partial charge in [0.25, 0.3) is 0 Å². The molecule has 0 atom stereocenters. The summed E-state index contributed by atoms with van der Waals surface area (Å²) >= 11 is 5.24. The maximum atomic E-state index is 6.04. The molecule has 0 saturated carbocycles. The fraction of sp³-hybridized carbons (Fsp3) is 0.375. The van der Waals surface area contributed by atoms with Crippen LogP contribution in [0.2, 0.25) is 0 Å². The van der Waals surface area contributed by atoms with E-state index in [1.807, 2.05) is 0 Å². The number of methoxy groups -OCH3 is 1. The summed E-state index contributed by atoms with van der Waals surface area (Å²) in [6.07, 6.45) is 0. The third-order valence-corrected chi connectivity index (χ3v) is 4.27. The van der Waals surface area contributed by atoms with Gasteiger partial charge < -0.3 is 14.8 Å². The normalized spacial score (nSPS) is 10.8. The number of thiophene rings is 1. The molecule has 0 radical (unpaired) electrons. The van der Waals surface area contributed by atoms with Crippen LogP contribution in [0.1, 0.15) is 16.7 Å². The molecule has 1 aromatic carbocycles. The highest BCUT2D eigenvalue weighted by Crippen LogP contribution is 2.29. The SMILES string of the molecule is COCCNCc1cc(Br)cc(C)c1OCc1ccsc1. The van der Waals surface area contributed by atoms with Gasteiger partial charge in [0.15, 0.2) is 0 Å². The lowest BCUT2D eigenvalue weighted by Gasteiger charge is -2.15. The van der Waals surface area contributed by atoms with Crippen LogP contribution in [0, 0.1) is 6.92 Å². The summed E-state index contributed by atoms with van der Waals surface area (Å²) in [5, 5.41) is 7.55. The van der Waals surface area contributed by atoms with Crippen molar-refractivity contribution in [1.82, 2.24) is 5.32 Å². The second-order valence-electron chi connectivity index (χ2n) is 4.80. The lowest BCUT2D eigenvalue weighted by Crippen LogP contribution is -2.19. The van der Waals surface area contributed by atoms with Crippen molar-refractivity contribution in [2.75, 3.05) is 20.3 Å². The topological polar surface area (TPSA) is 30.5 Å². The van der Waals surface area contributed by atoms with Crippen molar-refractivity contribution in [3.63, 3.8) is 0 Å². The number of nitrogens with one attached hydrogen (secondary N) is 1. The molecule has 0 unspecified atom stereocenters. The van der Waals surface area contributed by atoms with E-state index in [-0.39, 0.29) is 0 Å². The number of ether oxygens (including phenoxy) is 2. The summed E-state index contributed by atoms with van der Waals surface area (Å²) in [6.45, 7) is 4.98. The Morgan fingerprint density at radius 2 is 2.19 bits per heavy atom. The van der Waals surface area contributed by atoms with Gasteiger partial charge in [0.2, 0.25) is 0 Å². The van der Waals surface area contributed by atoms with Crippen LogP contribution >= 0.6 is 27.3 Å². The summed E-state index contributed by atoms with van der Waals surface area (Å²) in [5.74, 6) is 0.967. The molecule has 0 saturated heterocycles. The summed E-state index contributed by atoms with van der Waals surface area (Å²) in [7, 11) is 1.71. The Labute approximate surface area is 138 Å². The fourth-order valence-corrected chi connectivity index (χ4v) is 3.34. The Morgan fingerprint density at radius 1 is 1.33 bits per heavy atom. The number of halogens is 1. The van der Waals surface area contributed by atoms with Crippen molar-refractivity contribution in [2.45, 2.75) is 20.1 Å². The van der Waals surface area contributed by atoms with Crippen LogP contribution in [-0.4, -0.2) is 20.3 Å². The van der Waals surface area contributed by atoms with Gasteiger partial charge in [-0.1, -0.05) is 15.9 Å². The minimum atomic E-state index is 0.608. The first-order chi connectivity index (χ1) is 10.2. The zero-order chi connectivity index (χ0) is 15.1. The van der Waals surface area contributed by atoms with Crippen molar-refractivity contribution in [3.05, 3.63) is 50.1 Å². The third-order valence-electron chi connectivity index (χ3n) is 3.08. The highest BCUT2D eigenvalue weighted by Gasteiger charge is 2.09. The van der Waals surface area contributed by atoms with Gasteiger partial charge in [-0.15, -0.1) is 0 Å². The number of rotatable bonds is 8. The Balaban J connectivity index is 2.06. The molecule has 1 aromatic heterocycles. The van der Waals surface area contributed by atoms with E-state index < -0.39 is 0 Å². The molecule has 1 heterocycles. The Hall–Kier alpha value is -0.880. The van der Waals surface area contributed by atoms with Crippen molar-refractivity contribution in [3.8, 4) is 5.75 Å². The molecule has 0 spiro atoms. The lowest BCUT2D eigenvalue weighted by atomic mass is 10.1. The van der Waals surface area contributed by atoms with E-state index in [0.717, 1.165) is 34.4 Å². The highest BCUT2D eigenvalue weighted by atomic mass is 79.9. The van der Waals surface area contributed by atoms with E-state index in [2.05, 4.69) is 57.1 Å². The van der Waals surface area contributed by atoms with E-state index in [4.69, 9.17) is 9.47 Å². The van der Waals surface area contributed by atoms with Crippen molar-refractivity contribution in [1.29, 1.82) is 0 Å². The van der Waals surface area contributed by atoms with Gasteiger partial charge in [0, 0.05) is 30.2 Å². The van der Waals surface area contributed by atoms with E-state index in [1.54, 1.807) is 18.4 Å². The van der Waals surface area contributed by atoms with Gasteiger partial charge in [0.1, 0.15) is 12.4 Å². The molecule has 0 aliphatic heterocycles. The average molecular weight is 370 g/mol. The molecule has 0 aliphatic rings. The Bertz CT molecular complexity index is 558. The molecule has 2 aromatic rings. The zero-order valence-electron chi connectivity index (χ0n) is 12.3. The molecular formula is C16H20BrNO2S.